The summed E-state index contributed by atoms with van der Waals surface area (Å²) in [5.41, 5.74) is 1.09. The van der Waals surface area contributed by atoms with Gasteiger partial charge in [0.25, 0.3) is 0 Å². The van der Waals surface area contributed by atoms with E-state index in [-0.39, 0.29) is 12.5 Å². The summed E-state index contributed by atoms with van der Waals surface area (Å²) in [7, 11) is 2.91. The average Bonchev–Trinajstić information content (AvgIpc) is 2.80. The van der Waals surface area contributed by atoms with Gasteiger partial charge >= 0.3 is 6.18 Å². The number of rotatable bonds is 10. The first kappa shape index (κ1) is 28.2. The smallest absolute Gasteiger partial charge is 0.416 e. The Kier molecular flexibility index (Phi) is 12.2. The summed E-state index contributed by atoms with van der Waals surface area (Å²) in [6.07, 6.45) is -3.48. The molecular formula is C23H27F3N2O4S. The lowest BCUT2D eigenvalue weighted by molar-refractivity contribution is -0.137. The molecule has 0 fully saturated rings. The van der Waals surface area contributed by atoms with Crippen LogP contribution in [0.25, 0.3) is 0 Å². The van der Waals surface area contributed by atoms with Gasteiger partial charge in [-0.15, -0.1) is 0 Å². The molecular weight excluding hydrogens is 457 g/mol. The number of methoxy groups -OCH3 is 1. The maximum atomic E-state index is 12.9. The van der Waals surface area contributed by atoms with E-state index >= 15 is 0 Å². The van der Waals surface area contributed by atoms with Crippen molar-refractivity contribution in [2.45, 2.75) is 30.9 Å². The van der Waals surface area contributed by atoms with Gasteiger partial charge in [-0.2, -0.15) is 13.2 Å². The molecule has 0 spiro atoms. The minimum Gasteiger partial charge on any atom is -0.491 e. The van der Waals surface area contributed by atoms with Gasteiger partial charge in [0.15, 0.2) is 5.62 Å². The Labute approximate surface area is 195 Å². The van der Waals surface area contributed by atoms with Crippen LogP contribution in [0.4, 0.5) is 13.2 Å². The maximum Gasteiger partial charge on any atom is 0.416 e. The Morgan fingerprint density at radius 2 is 1.85 bits per heavy atom. The van der Waals surface area contributed by atoms with Crippen molar-refractivity contribution in [2.75, 3.05) is 20.8 Å². The van der Waals surface area contributed by atoms with E-state index in [0.29, 0.717) is 23.4 Å². The Morgan fingerprint density at radius 1 is 1.21 bits per heavy atom. The summed E-state index contributed by atoms with van der Waals surface area (Å²) >= 11 is 0.905. The van der Waals surface area contributed by atoms with Crippen molar-refractivity contribution in [2.24, 2.45) is 0 Å². The van der Waals surface area contributed by atoms with E-state index in [1.54, 1.807) is 37.3 Å². The Bertz CT molecular complexity index is 892. The van der Waals surface area contributed by atoms with Crippen molar-refractivity contribution >= 4 is 29.5 Å². The monoisotopic (exact) mass is 484 g/mol. The first-order valence-corrected chi connectivity index (χ1v) is 10.8. The summed E-state index contributed by atoms with van der Waals surface area (Å²) in [5, 5.41) is 8.08. The Hall–Kier alpha value is -2.85. The number of amides is 1. The molecule has 0 aromatic heterocycles. The predicted octanol–water partition coefficient (Wildman–Crippen LogP) is 4.71. The first-order chi connectivity index (χ1) is 15.7. The SMILES string of the molecule is CC=N.CNC(=O)C(Cc1ccc(OCC(OC)c2cccc(C(F)(F)F)c2)cc1)SC=O. The quantitative estimate of drug-likeness (QED) is 0.377. The van der Waals surface area contributed by atoms with Crippen molar-refractivity contribution in [1.29, 1.82) is 5.41 Å². The summed E-state index contributed by atoms with van der Waals surface area (Å²) in [5.74, 6) is 0.267. The van der Waals surface area contributed by atoms with E-state index in [1.807, 2.05) is 0 Å². The van der Waals surface area contributed by atoms with E-state index < -0.39 is 23.1 Å². The number of halogens is 3. The molecule has 6 nitrogen and oxygen atoms in total. The minimum atomic E-state index is -4.43. The number of carbonyl (C=O) groups is 2. The van der Waals surface area contributed by atoms with Crippen LogP contribution in [0.15, 0.2) is 48.5 Å². The van der Waals surface area contributed by atoms with Crippen molar-refractivity contribution in [3.8, 4) is 5.75 Å². The van der Waals surface area contributed by atoms with Crippen LogP contribution in [-0.4, -0.2) is 43.8 Å². The van der Waals surface area contributed by atoms with Crippen LogP contribution in [0.5, 0.6) is 5.75 Å². The van der Waals surface area contributed by atoms with Crippen molar-refractivity contribution < 1.29 is 32.2 Å². The number of ether oxygens (including phenoxy) is 2. The highest BCUT2D eigenvalue weighted by atomic mass is 32.2. The van der Waals surface area contributed by atoms with Gasteiger partial charge in [-0.25, -0.2) is 0 Å². The number of benzene rings is 2. The normalized spacial score (nSPS) is 12.5. The number of alkyl halides is 3. The molecule has 0 aliphatic heterocycles. The van der Waals surface area contributed by atoms with Crippen LogP contribution in [0.2, 0.25) is 0 Å². The zero-order valence-corrected chi connectivity index (χ0v) is 19.3. The highest BCUT2D eigenvalue weighted by molar-refractivity contribution is 8.13. The molecule has 2 atom stereocenters. The molecule has 2 aromatic carbocycles. The molecule has 180 valence electrons. The third-order valence-corrected chi connectivity index (χ3v) is 5.20. The van der Waals surface area contributed by atoms with Crippen LogP contribution in [-0.2, 0) is 26.9 Å². The van der Waals surface area contributed by atoms with E-state index in [2.05, 4.69) is 5.32 Å². The lowest BCUT2D eigenvalue weighted by Crippen LogP contribution is -2.31. The van der Waals surface area contributed by atoms with Crippen LogP contribution in [0.1, 0.15) is 29.7 Å². The largest absolute Gasteiger partial charge is 0.491 e. The highest BCUT2D eigenvalue weighted by Gasteiger charge is 2.31. The fourth-order valence-electron chi connectivity index (χ4n) is 2.75. The molecule has 2 rings (SSSR count). The standard InChI is InChI=1S/C21H22F3NO4S.C2H5N/c1-25-20(27)19(30-13-26)10-14-6-8-17(9-7-14)29-12-18(28-2)15-4-3-5-16(11-15)21(22,23)24;1-2-3/h3-9,11,13,18-19H,10,12H2,1-2H3,(H,25,27);2-3H,1H3. The van der Waals surface area contributed by atoms with E-state index in [0.717, 1.165) is 29.5 Å². The molecule has 33 heavy (non-hydrogen) atoms. The number of hydrogen-bond donors (Lipinski definition) is 2. The number of thioether (sulfide) groups is 1. The second-order valence-electron chi connectivity index (χ2n) is 6.63. The van der Waals surface area contributed by atoms with Crippen LogP contribution in [0, 0.1) is 5.41 Å². The first-order valence-electron chi connectivity index (χ1n) is 9.87. The third-order valence-electron chi connectivity index (χ3n) is 4.37. The van der Waals surface area contributed by atoms with Gasteiger partial charge in [0.1, 0.15) is 18.5 Å². The average molecular weight is 485 g/mol. The van der Waals surface area contributed by atoms with Gasteiger partial charge in [0, 0.05) is 14.2 Å². The van der Waals surface area contributed by atoms with Crippen molar-refractivity contribution in [1.82, 2.24) is 5.32 Å². The number of hydrogen-bond acceptors (Lipinski definition) is 6. The zero-order valence-electron chi connectivity index (χ0n) is 18.5. The van der Waals surface area contributed by atoms with Gasteiger partial charge in [0.2, 0.25) is 5.91 Å². The predicted molar refractivity (Wildman–Crippen MR) is 123 cm³/mol. The molecule has 0 saturated heterocycles. The molecule has 10 heteroatoms. The summed E-state index contributed by atoms with van der Waals surface area (Å²) in [6.45, 7) is 1.69. The number of carbonyl (C=O) groups excluding carboxylic acids is 2. The molecule has 1 amide bonds. The van der Waals surface area contributed by atoms with Gasteiger partial charge in [-0.1, -0.05) is 36.0 Å². The van der Waals surface area contributed by atoms with Crippen molar-refractivity contribution in [3.05, 3.63) is 65.2 Å². The molecule has 0 aliphatic rings. The van der Waals surface area contributed by atoms with Gasteiger partial charge in [0.05, 0.1) is 10.8 Å². The molecule has 2 unspecified atom stereocenters. The fourth-order valence-corrected chi connectivity index (χ4v) is 3.42. The maximum absolute atomic E-state index is 12.9. The molecule has 0 heterocycles. The van der Waals surface area contributed by atoms with Crippen LogP contribution in [0.3, 0.4) is 0 Å². The highest BCUT2D eigenvalue weighted by Crippen LogP contribution is 2.31. The fraction of sp³-hybridized carbons (Fsp3) is 0.348. The molecule has 0 saturated carbocycles. The summed E-state index contributed by atoms with van der Waals surface area (Å²) < 4.78 is 49.7. The van der Waals surface area contributed by atoms with Crippen LogP contribution < -0.4 is 10.1 Å². The van der Waals surface area contributed by atoms with Gasteiger partial charge < -0.3 is 20.2 Å². The Balaban J connectivity index is 0.00000172. The summed E-state index contributed by atoms with van der Waals surface area (Å²) in [4.78, 5) is 22.5. The number of nitrogens with one attached hydrogen (secondary N) is 2. The lowest BCUT2D eigenvalue weighted by atomic mass is 10.1. The minimum absolute atomic E-state index is 0.0268. The van der Waals surface area contributed by atoms with Gasteiger partial charge in [-0.3, -0.25) is 9.59 Å². The van der Waals surface area contributed by atoms with E-state index in [4.69, 9.17) is 14.9 Å². The molecule has 0 radical (unpaired) electrons. The topological polar surface area (TPSA) is 88.5 Å². The Morgan fingerprint density at radius 3 is 2.36 bits per heavy atom. The second kappa shape index (κ2) is 14.3. The van der Waals surface area contributed by atoms with E-state index in [9.17, 15) is 22.8 Å². The molecule has 2 aromatic rings. The van der Waals surface area contributed by atoms with E-state index in [1.165, 1.54) is 26.4 Å². The zero-order chi connectivity index (χ0) is 24.9. The lowest BCUT2D eigenvalue weighted by Gasteiger charge is -2.18. The third kappa shape index (κ3) is 9.67. The summed E-state index contributed by atoms with van der Waals surface area (Å²) in [6, 6.07) is 11.9. The van der Waals surface area contributed by atoms with Gasteiger partial charge in [-0.05, 0) is 55.0 Å². The molecule has 0 aliphatic carbocycles. The second-order valence-corrected chi connectivity index (χ2v) is 7.66. The molecule has 2 N–H and O–H groups in total. The van der Waals surface area contributed by atoms with Crippen molar-refractivity contribution in [3.63, 3.8) is 0 Å². The molecule has 0 bridgehead atoms. The van der Waals surface area contributed by atoms with Crippen LogP contribution >= 0.6 is 11.8 Å².